The van der Waals surface area contributed by atoms with Crippen LogP contribution in [0.1, 0.15) is 5.69 Å². The highest BCUT2D eigenvalue weighted by Crippen LogP contribution is 2.24. The number of anilines is 1. The Hall–Kier alpha value is -1.42. The first-order valence-corrected chi connectivity index (χ1v) is 8.15. The van der Waals surface area contributed by atoms with Gasteiger partial charge in [0.05, 0.1) is 19.0 Å². The van der Waals surface area contributed by atoms with Crippen molar-refractivity contribution >= 4 is 38.4 Å². The fraction of sp³-hybridized carbons (Fsp3) is 0.167. The van der Waals surface area contributed by atoms with Gasteiger partial charge >= 0.3 is 0 Å². The quantitative estimate of drug-likeness (QED) is 0.789. The number of benzene rings is 1. The number of aryl methyl sites for hydroxylation is 1. The van der Waals surface area contributed by atoms with Gasteiger partial charge in [0.1, 0.15) is 4.90 Å². The summed E-state index contributed by atoms with van der Waals surface area (Å²) in [6.45, 7) is 1.74. The van der Waals surface area contributed by atoms with Crippen LogP contribution in [0.5, 0.6) is 5.88 Å². The molecule has 106 valence electrons. The van der Waals surface area contributed by atoms with E-state index < -0.39 is 10.0 Å². The summed E-state index contributed by atoms with van der Waals surface area (Å²) in [6, 6.07) is 6.67. The number of halogens is 1. The Morgan fingerprint density at radius 3 is 2.65 bits per heavy atom. The monoisotopic (exact) mass is 405 g/mol. The fourth-order valence-corrected chi connectivity index (χ4v) is 3.86. The molecule has 1 N–H and O–H groups in total. The first-order valence-electron chi connectivity index (χ1n) is 5.59. The molecular weight excluding hydrogens is 393 g/mol. The Bertz CT molecular complexity index is 734. The highest BCUT2D eigenvalue weighted by molar-refractivity contribution is 14.1. The number of hydrogen-bond donors (Lipinski definition) is 1. The van der Waals surface area contributed by atoms with Crippen LogP contribution in [0.3, 0.4) is 0 Å². The molecule has 1 heterocycles. The molecule has 0 spiro atoms. The number of sulfonamides is 1. The average molecular weight is 405 g/mol. The summed E-state index contributed by atoms with van der Waals surface area (Å²) >= 11 is 1.97. The maximum atomic E-state index is 12.3. The minimum Gasteiger partial charge on any atom is -0.478 e. The lowest BCUT2D eigenvalue weighted by Crippen LogP contribution is -2.16. The Morgan fingerprint density at radius 1 is 1.30 bits per heavy atom. The second-order valence-electron chi connectivity index (χ2n) is 3.91. The third-order valence-electron chi connectivity index (χ3n) is 2.41. The number of hydrogen-bond acceptors (Lipinski definition) is 5. The van der Waals surface area contributed by atoms with Gasteiger partial charge in [-0.1, -0.05) is 12.1 Å². The fourth-order valence-electron chi connectivity index (χ4n) is 1.51. The van der Waals surface area contributed by atoms with Crippen LogP contribution < -0.4 is 9.46 Å². The van der Waals surface area contributed by atoms with E-state index in [4.69, 9.17) is 4.74 Å². The van der Waals surface area contributed by atoms with Crippen molar-refractivity contribution in [3.8, 4) is 5.88 Å². The number of nitrogens with zero attached hydrogens (tertiary/aromatic N) is 2. The standard InChI is InChI=1S/C12H12IN3O3S/c1-8-7-14-11(12(15-8)19-2)16-20(17,18)10-6-4-3-5-9(10)13/h3-7H,1-2H3,(H,14,16). The van der Waals surface area contributed by atoms with E-state index in [0.29, 0.717) is 9.26 Å². The first-order chi connectivity index (χ1) is 9.44. The zero-order chi connectivity index (χ0) is 14.8. The molecule has 20 heavy (non-hydrogen) atoms. The Labute approximate surface area is 130 Å². The Morgan fingerprint density at radius 2 is 2.00 bits per heavy atom. The van der Waals surface area contributed by atoms with E-state index in [2.05, 4.69) is 14.7 Å². The van der Waals surface area contributed by atoms with Gasteiger partial charge in [0.15, 0.2) is 0 Å². The molecule has 0 aliphatic carbocycles. The van der Waals surface area contributed by atoms with Gasteiger partial charge in [0.25, 0.3) is 15.9 Å². The first kappa shape index (κ1) is 15.0. The smallest absolute Gasteiger partial charge is 0.264 e. The maximum absolute atomic E-state index is 12.3. The molecule has 0 atom stereocenters. The molecule has 0 aliphatic rings. The van der Waals surface area contributed by atoms with Crippen LogP contribution in [0.15, 0.2) is 35.4 Å². The van der Waals surface area contributed by atoms with Crippen molar-refractivity contribution in [2.45, 2.75) is 11.8 Å². The molecule has 0 unspecified atom stereocenters. The molecular formula is C12H12IN3O3S. The Balaban J connectivity index is 2.41. The summed E-state index contributed by atoms with van der Waals surface area (Å²) in [4.78, 5) is 8.27. The predicted octanol–water partition coefficient (Wildman–Crippen LogP) is 2.20. The molecule has 0 bridgehead atoms. The van der Waals surface area contributed by atoms with Crippen LogP contribution in [0, 0.1) is 10.5 Å². The zero-order valence-corrected chi connectivity index (χ0v) is 13.8. The van der Waals surface area contributed by atoms with Gasteiger partial charge in [-0.05, 0) is 41.6 Å². The number of ether oxygens (including phenoxy) is 1. The SMILES string of the molecule is COc1nc(C)cnc1NS(=O)(=O)c1ccccc1I. The van der Waals surface area contributed by atoms with E-state index in [9.17, 15) is 8.42 Å². The van der Waals surface area contributed by atoms with Crippen molar-refractivity contribution in [3.05, 3.63) is 39.7 Å². The number of rotatable bonds is 4. The highest BCUT2D eigenvalue weighted by Gasteiger charge is 2.20. The lowest BCUT2D eigenvalue weighted by Gasteiger charge is -2.11. The van der Waals surface area contributed by atoms with Crippen molar-refractivity contribution in [3.63, 3.8) is 0 Å². The summed E-state index contributed by atoms with van der Waals surface area (Å²) in [5.41, 5.74) is 0.638. The molecule has 0 amide bonds. The second-order valence-corrected chi connectivity index (χ2v) is 6.72. The summed E-state index contributed by atoms with van der Waals surface area (Å²) in [5.74, 6) is 0.206. The Kier molecular flexibility index (Phi) is 4.43. The largest absolute Gasteiger partial charge is 0.478 e. The van der Waals surface area contributed by atoms with Crippen molar-refractivity contribution in [1.82, 2.24) is 9.97 Å². The van der Waals surface area contributed by atoms with E-state index in [-0.39, 0.29) is 16.6 Å². The number of methoxy groups -OCH3 is 1. The van der Waals surface area contributed by atoms with Crippen molar-refractivity contribution in [1.29, 1.82) is 0 Å². The van der Waals surface area contributed by atoms with E-state index in [1.54, 1.807) is 25.1 Å². The molecule has 1 aromatic carbocycles. The van der Waals surface area contributed by atoms with E-state index in [0.717, 1.165) is 0 Å². The predicted molar refractivity (Wildman–Crippen MR) is 83.3 cm³/mol. The molecule has 0 radical (unpaired) electrons. The highest BCUT2D eigenvalue weighted by atomic mass is 127. The van der Waals surface area contributed by atoms with Gasteiger partial charge in [-0.3, -0.25) is 4.72 Å². The minimum atomic E-state index is -3.73. The van der Waals surface area contributed by atoms with Crippen LogP contribution in [-0.4, -0.2) is 25.5 Å². The van der Waals surface area contributed by atoms with Crippen LogP contribution >= 0.6 is 22.6 Å². The van der Waals surface area contributed by atoms with Crippen LogP contribution in [0.25, 0.3) is 0 Å². The van der Waals surface area contributed by atoms with E-state index >= 15 is 0 Å². The van der Waals surface area contributed by atoms with Crippen molar-refractivity contribution in [2.24, 2.45) is 0 Å². The lowest BCUT2D eigenvalue weighted by molar-refractivity contribution is 0.397. The topological polar surface area (TPSA) is 81.2 Å². The second kappa shape index (κ2) is 5.92. The molecule has 0 saturated carbocycles. The summed E-state index contributed by atoms with van der Waals surface area (Å²) in [7, 11) is -2.32. The van der Waals surface area contributed by atoms with Crippen molar-refractivity contribution < 1.29 is 13.2 Å². The number of aromatic nitrogens is 2. The van der Waals surface area contributed by atoms with Gasteiger partial charge in [-0.25, -0.2) is 18.4 Å². The molecule has 6 nitrogen and oxygen atoms in total. The summed E-state index contributed by atoms with van der Waals surface area (Å²) < 4.78 is 32.7. The van der Waals surface area contributed by atoms with Gasteiger partial charge in [-0.15, -0.1) is 0 Å². The van der Waals surface area contributed by atoms with Crippen LogP contribution in [-0.2, 0) is 10.0 Å². The number of nitrogens with one attached hydrogen (secondary N) is 1. The molecule has 2 aromatic rings. The summed E-state index contributed by atoms with van der Waals surface area (Å²) in [6.07, 6.45) is 1.47. The van der Waals surface area contributed by atoms with E-state index in [1.165, 1.54) is 19.4 Å². The molecule has 2 rings (SSSR count). The third-order valence-corrected chi connectivity index (χ3v) is 5.12. The molecule has 0 fully saturated rings. The lowest BCUT2D eigenvalue weighted by atomic mass is 10.4. The molecule has 0 saturated heterocycles. The van der Waals surface area contributed by atoms with E-state index in [1.807, 2.05) is 22.6 Å². The van der Waals surface area contributed by atoms with Gasteiger partial charge in [0, 0.05) is 3.57 Å². The average Bonchev–Trinajstić information content (AvgIpc) is 2.41. The molecule has 1 aromatic heterocycles. The van der Waals surface area contributed by atoms with Crippen molar-refractivity contribution in [2.75, 3.05) is 11.8 Å². The summed E-state index contributed by atoms with van der Waals surface area (Å²) in [5, 5.41) is 0. The van der Waals surface area contributed by atoms with Crippen LogP contribution in [0.4, 0.5) is 5.82 Å². The zero-order valence-electron chi connectivity index (χ0n) is 10.8. The molecule has 0 aliphatic heterocycles. The maximum Gasteiger partial charge on any atom is 0.264 e. The normalized spacial score (nSPS) is 11.2. The van der Waals surface area contributed by atoms with Crippen LogP contribution in [0.2, 0.25) is 0 Å². The van der Waals surface area contributed by atoms with Gasteiger partial charge in [-0.2, -0.15) is 0 Å². The molecule has 8 heteroatoms. The third kappa shape index (κ3) is 3.18. The van der Waals surface area contributed by atoms with Gasteiger partial charge in [0.2, 0.25) is 5.82 Å². The van der Waals surface area contributed by atoms with Gasteiger partial charge < -0.3 is 4.74 Å². The minimum absolute atomic E-state index is 0.0674.